The van der Waals surface area contributed by atoms with Gasteiger partial charge in [0.05, 0.1) is 12.0 Å². The van der Waals surface area contributed by atoms with Gasteiger partial charge in [-0.25, -0.2) is 8.42 Å². The van der Waals surface area contributed by atoms with E-state index in [0.717, 1.165) is 0 Å². The number of hydrogen-bond donors (Lipinski definition) is 1. The van der Waals surface area contributed by atoms with Crippen molar-refractivity contribution in [2.24, 2.45) is 0 Å². The Kier molecular flexibility index (Phi) is 4.67. The fourth-order valence-corrected chi connectivity index (χ4v) is 3.38. The zero-order valence-electron chi connectivity index (χ0n) is 9.31. The molecule has 1 rings (SSSR count). The molecule has 1 aromatic rings. The Bertz CT molecular complexity index is 515. The van der Waals surface area contributed by atoms with E-state index in [1.165, 1.54) is 20.1 Å². The van der Waals surface area contributed by atoms with E-state index in [2.05, 4.69) is 25.4 Å². The lowest BCUT2D eigenvalue weighted by atomic mass is 10.4. The molecule has 5 nitrogen and oxygen atoms in total. The first-order valence-electron chi connectivity index (χ1n) is 4.73. The average molecular weight is 322 g/mol. The minimum atomic E-state index is -3.74. The van der Waals surface area contributed by atoms with Crippen LogP contribution in [0.3, 0.4) is 0 Å². The van der Waals surface area contributed by atoms with Crippen LogP contribution in [-0.2, 0) is 19.6 Å². The van der Waals surface area contributed by atoms with Crippen molar-refractivity contribution in [1.29, 1.82) is 0 Å². The fourth-order valence-electron chi connectivity index (χ4n) is 1.18. The van der Waals surface area contributed by atoms with Crippen LogP contribution in [0.25, 0.3) is 0 Å². The molecule has 0 bridgehead atoms. The highest BCUT2D eigenvalue weighted by Gasteiger charge is 2.23. The Hall–Kier alpha value is -0.920. The van der Waals surface area contributed by atoms with Gasteiger partial charge in [0.2, 0.25) is 10.0 Å². The van der Waals surface area contributed by atoms with Crippen LogP contribution in [0.15, 0.2) is 33.6 Å². The molecule has 94 valence electrons. The third-order valence-corrected chi connectivity index (χ3v) is 4.57. The van der Waals surface area contributed by atoms with Crippen LogP contribution in [0.1, 0.15) is 6.92 Å². The van der Waals surface area contributed by atoms with Gasteiger partial charge in [-0.1, -0.05) is 12.1 Å². The van der Waals surface area contributed by atoms with E-state index in [-0.39, 0.29) is 4.90 Å². The third-order valence-electron chi connectivity index (χ3n) is 2.01. The van der Waals surface area contributed by atoms with Crippen molar-refractivity contribution in [2.45, 2.75) is 17.9 Å². The number of halogens is 1. The maximum absolute atomic E-state index is 11.9. The zero-order chi connectivity index (χ0) is 13.1. The zero-order valence-corrected chi connectivity index (χ0v) is 11.7. The fraction of sp³-hybridized carbons (Fsp3) is 0.300. The lowest BCUT2D eigenvalue weighted by Gasteiger charge is -2.12. The summed E-state index contributed by atoms with van der Waals surface area (Å²) in [6, 6.07) is 5.42. The number of methoxy groups -OCH3 is 1. The maximum atomic E-state index is 11.9. The van der Waals surface area contributed by atoms with Gasteiger partial charge < -0.3 is 4.74 Å². The first-order chi connectivity index (χ1) is 7.88. The number of sulfonamides is 1. The van der Waals surface area contributed by atoms with Crippen LogP contribution in [0.5, 0.6) is 0 Å². The summed E-state index contributed by atoms with van der Waals surface area (Å²) in [5.74, 6) is -0.638. The highest BCUT2D eigenvalue weighted by atomic mass is 79.9. The van der Waals surface area contributed by atoms with Gasteiger partial charge in [-0.15, -0.1) is 0 Å². The summed E-state index contributed by atoms with van der Waals surface area (Å²) in [6.07, 6.45) is 0. The van der Waals surface area contributed by atoms with E-state index in [1.807, 2.05) is 0 Å². The standard InChI is InChI=1S/C10H12BrNO4S/c1-7(10(13)16-2)12-17(14,15)9-6-4-3-5-8(9)11/h3-7,12H,1-2H3. The van der Waals surface area contributed by atoms with Crippen molar-refractivity contribution < 1.29 is 17.9 Å². The minimum absolute atomic E-state index is 0.0794. The average Bonchev–Trinajstić information content (AvgIpc) is 2.27. The van der Waals surface area contributed by atoms with Gasteiger partial charge in [-0.2, -0.15) is 4.72 Å². The van der Waals surface area contributed by atoms with Crippen LogP contribution in [0.4, 0.5) is 0 Å². The molecule has 1 unspecified atom stereocenters. The Morgan fingerprint density at radius 1 is 1.41 bits per heavy atom. The number of nitrogens with one attached hydrogen (secondary N) is 1. The molecule has 7 heteroatoms. The molecule has 0 saturated heterocycles. The van der Waals surface area contributed by atoms with Crippen LogP contribution in [-0.4, -0.2) is 27.5 Å². The van der Waals surface area contributed by atoms with Gasteiger partial charge >= 0.3 is 5.97 Å². The normalized spacial score (nSPS) is 13.1. The summed E-state index contributed by atoms with van der Waals surface area (Å²) < 4.78 is 31.0. The number of esters is 1. The molecule has 0 fully saturated rings. The summed E-state index contributed by atoms with van der Waals surface area (Å²) in [4.78, 5) is 11.2. The largest absolute Gasteiger partial charge is 0.468 e. The van der Waals surface area contributed by atoms with Crippen molar-refractivity contribution >= 4 is 31.9 Å². The molecule has 0 aliphatic rings. The van der Waals surface area contributed by atoms with E-state index in [4.69, 9.17) is 0 Å². The summed E-state index contributed by atoms with van der Waals surface area (Å²) in [7, 11) is -2.54. The number of rotatable bonds is 4. The topological polar surface area (TPSA) is 72.5 Å². The van der Waals surface area contributed by atoms with Gasteiger partial charge in [-0.05, 0) is 35.0 Å². The van der Waals surface area contributed by atoms with Crippen molar-refractivity contribution in [1.82, 2.24) is 4.72 Å². The molecule has 1 N–H and O–H groups in total. The van der Waals surface area contributed by atoms with Gasteiger partial charge in [0, 0.05) is 4.47 Å². The summed E-state index contributed by atoms with van der Waals surface area (Å²) >= 11 is 3.14. The second-order valence-corrected chi connectivity index (χ2v) is 5.83. The predicted molar refractivity (Wildman–Crippen MR) is 65.9 cm³/mol. The van der Waals surface area contributed by atoms with Gasteiger partial charge in [0.25, 0.3) is 0 Å². The van der Waals surface area contributed by atoms with E-state index >= 15 is 0 Å². The number of ether oxygens (including phenoxy) is 1. The highest BCUT2D eigenvalue weighted by Crippen LogP contribution is 2.21. The highest BCUT2D eigenvalue weighted by molar-refractivity contribution is 9.10. The predicted octanol–water partition coefficient (Wildman–Crippen LogP) is 1.29. The van der Waals surface area contributed by atoms with E-state index in [0.29, 0.717) is 4.47 Å². The SMILES string of the molecule is COC(=O)C(C)NS(=O)(=O)c1ccccc1Br. The molecule has 1 aromatic carbocycles. The summed E-state index contributed by atoms with van der Waals surface area (Å²) in [5, 5.41) is 0. The summed E-state index contributed by atoms with van der Waals surface area (Å²) in [6.45, 7) is 1.42. The molecule has 0 saturated carbocycles. The van der Waals surface area contributed by atoms with Crippen molar-refractivity contribution in [3.63, 3.8) is 0 Å². The quantitative estimate of drug-likeness (QED) is 0.848. The number of carbonyl (C=O) groups excluding carboxylic acids is 1. The molecule has 0 heterocycles. The molecular formula is C10H12BrNO4S. The second kappa shape index (κ2) is 5.61. The van der Waals surface area contributed by atoms with Crippen LogP contribution >= 0.6 is 15.9 Å². The molecule has 0 spiro atoms. The first kappa shape index (κ1) is 14.1. The molecule has 1 atom stereocenters. The molecule has 0 aliphatic carbocycles. The maximum Gasteiger partial charge on any atom is 0.323 e. The van der Waals surface area contributed by atoms with Crippen LogP contribution in [0.2, 0.25) is 0 Å². The van der Waals surface area contributed by atoms with E-state index < -0.39 is 22.0 Å². The van der Waals surface area contributed by atoms with Gasteiger partial charge in [-0.3, -0.25) is 4.79 Å². The van der Waals surface area contributed by atoms with Gasteiger partial charge in [0.15, 0.2) is 0 Å². The van der Waals surface area contributed by atoms with Gasteiger partial charge in [0.1, 0.15) is 6.04 Å². The number of carbonyl (C=O) groups is 1. The number of benzene rings is 1. The van der Waals surface area contributed by atoms with Crippen LogP contribution < -0.4 is 4.72 Å². The molecule has 0 aliphatic heterocycles. The monoisotopic (exact) mass is 321 g/mol. The smallest absolute Gasteiger partial charge is 0.323 e. The summed E-state index contributed by atoms with van der Waals surface area (Å²) in [5.41, 5.74) is 0. The minimum Gasteiger partial charge on any atom is -0.468 e. The molecule has 0 aromatic heterocycles. The Morgan fingerprint density at radius 2 is 2.00 bits per heavy atom. The Balaban J connectivity index is 2.98. The third kappa shape index (κ3) is 3.52. The van der Waals surface area contributed by atoms with Crippen molar-refractivity contribution in [2.75, 3.05) is 7.11 Å². The molecular weight excluding hydrogens is 310 g/mol. The van der Waals surface area contributed by atoms with Crippen LogP contribution in [0, 0.1) is 0 Å². The molecule has 0 radical (unpaired) electrons. The van der Waals surface area contributed by atoms with E-state index in [9.17, 15) is 13.2 Å². The molecule has 17 heavy (non-hydrogen) atoms. The second-order valence-electron chi connectivity index (χ2n) is 3.30. The van der Waals surface area contributed by atoms with Crippen molar-refractivity contribution in [3.8, 4) is 0 Å². The first-order valence-corrected chi connectivity index (χ1v) is 7.01. The van der Waals surface area contributed by atoms with E-state index in [1.54, 1.807) is 18.2 Å². The van der Waals surface area contributed by atoms with Crippen molar-refractivity contribution in [3.05, 3.63) is 28.7 Å². The Morgan fingerprint density at radius 3 is 2.53 bits per heavy atom. The lowest BCUT2D eigenvalue weighted by Crippen LogP contribution is -2.39. The lowest BCUT2D eigenvalue weighted by molar-refractivity contribution is -0.142. The number of hydrogen-bond acceptors (Lipinski definition) is 4. The molecule has 0 amide bonds. The Labute approximate surface area is 108 Å².